The van der Waals surface area contributed by atoms with Crippen LogP contribution in [0.2, 0.25) is 0 Å². The quantitative estimate of drug-likeness (QED) is 0.840. The second kappa shape index (κ2) is 6.90. The number of amides is 1. The highest BCUT2D eigenvalue weighted by atomic mass is 19.3. The maximum atomic E-state index is 13.3. The minimum Gasteiger partial charge on any atom is -0.472 e. The first-order chi connectivity index (χ1) is 11.5. The third kappa shape index (κ3) is 3.50. The van der Waals surface area contributed by atoms with Gasteiger partial charge in [0.2, 0.25) is 5.88 Å². The molecule has 1 saturated heterocycles. The van der Waals surface area contributed by atoms with Gasteiger partial charge in [-0.1, -0.05) is 12.1 Å². The van der Waals surface area contributed by atoms with E-state index in [2.05, 4.69) is 4.98 Å². The summed E-state index contributed by atoms with van der Waals surface area (Å²) in [5.41, 5.74) is 1.08. The van der Waals surface area contributed by atoms with Crippen molar-refractivity contribution in [1.82, 2.24) is 9.88 Å². The van der Waals surface area contributed by atoms with Crippen molar-refractivity contribution in [2.45, 2.75) is 18.9 Å². The molecule has 1 fully saturated rings. The van der Waals surface area contributed by atoms with Crippen molar-refractivity contribution < 1.29 is 22.7 Å². The molecule has 1 aromatic heterocycles. The highest BCUT2D eigenvalue weighted by Crippen LogP contribution is 2.34. The van der Waals surface area contributed by atoms with Crippen molar-refractivity contribution in [2.24, 2.45) is 0 Å². The largest absolute Gasteiger partial charge is 0.472 e. The lowest BCUT2D eigenvalue weighted by molar-refractivity contribution is 0.0458. The maximum absolute atomic E-state index is 13.3. The van der Waals surface area contributed by atoms with Crippen LogP contribution in [0.4, 0.5) is 13.2 Å². The van der Waals surface area contributed by atoms with Gasteiger partial charge in [-0.2, -0.15) is 0 Å². The Hall–Kier alpha value is -2.57. The van der Waals surface area contributed by atoms with Crippen LogP contribution in [0.25, 0.3) is 0 Å². The average Bonchev–Trinajstić information content (AvgIpc) is 2.52. The second-order valence-corrected chi connectivity index (χ2v) is 5.45. The number of alkyl halides is 2. The van der Waals surface area contributed by atoms with Gasteiger partial charge in [0.25, 0.3) is 12.3 Å². The van der Waals surface area contributed by atoms with Crippen molar-refractivity contribution in [2.75, 3.05) is 13.2 Å². The van der Waals surface area contributed by atoms with E-state index in [0.717, 1.165) is 12.0 Å². The van der Waals surface area contributed by atoms with Crippen LogP contribution in [0.1, 0.15) is 28.4 Å². The Morgan fingerprint density at radius 2 is 2.17 bits per heavy atom. The monoisotopic (exact) mass is 336 g/mol. The summed E-state index contributed by atoms with van der Waals surface area (Å²) in [5.74, 6) is -0.533. The molecule has 2 heterocycles. The van der Waals surface area contributed by atoms with Crippen LogP contribution >= 0.6 is 0 Å². The van der Waals surface area contributed by atoms with Gasteiger partial charge >= 0.3 is 0 Å². The van der Waals surface area contributed by atoms with Gasteiger partial charge in [-0.15, -0.1) is 0 Å². The van der Waals surface area contributed by atoms with Gasteiger partial charge in [0.1, 0.15) is 5.82 Å². The molecule has 2 aromatic rings. The van der Waals surface area contributed by atoms with Crippen LogP contribution in [-0.4, -0.2) is 35.4 Å². The minimum absolute atomic E-state index is 0.0390. The van der Waals surface area contributed by atoms with E-state index < -0.39 is 13.0 Å². The van der Waals surface area contributed by atoms with Crippen molar-refractivity contribution in [1.29, 1.82) is 0 Å². The van der Waals surface area contributed by atoms with E-state index in [0.29, 0.717) is 12.1 Å². The van der Waals surface area contributed by atoms with E-state index in [1.54, 1.807) is 17.0 Å². The molecule has 1 amide bonds. The zero-order valence-corrected chi connectivity index (χ0v) is 12.7. The smallest absolute Gasteiger partial charge is 0.272 e. The normalized spacial score (nSPS) is 16.8. The van der Waals surface area contributed by atoms with E-state index in [-0.39, 0.29) is 23.6 Å². The lowest BCUT2D eigenvalue weighted by Gasteiger charge is -2.41. The number of pyridine rings is 1. The molecule has 0 spiro atoms. The van der Waals surface area contributed by atoms with Crippen LogP contribution in [0, 0.1) is 5.82 Å². The molecule has 0 bridgehead atoms. The lowest BCUT2D eigenvalue weighted by Crippen LogP contribution is -2.45. The molecule has 0 radical (unpaired) electrons. The van der Waals surface area contributed by atoms with Crippen LogP contribution in [0.15, 0.2) is 42.6 Å². The summed E-state index contributed by atoms with van der Waals surface area (Å²) in [7, 11) is 0. The van der Waals surface area contributed by atoms with Crippen LogP contribution < -0.4 is 4.74 Å². The fraction of sp³-hybridized carbons (Fsp3) is 0.294. The van der Waals surface area contributed by atoms with Gasteiger partial charge in [0, 0.05) is 18.8 Å². The van der Waals surface area contributed by atoms with E-state index in [9.17, 15) is 18.0 Å². The fourth-order valence-electron chi connectivity index (χ4n) is 2.60. The molecule has 1 aliphatic heterocycles. The summed E-state index contributed by atoms with van der Waals surface area (Å²) < 4.78 is 42.3. The highest BCUT2D eigenvalue weighted by Gasteiger charge is 2.34. The molecule has 7 heteroatoms. The highest BCUT2D eigenvalue weighted by molar-refractivity contribution is 5.94. The number of rotatable bonds is 5. The SMILES string of the molecule is O=C(c1ccc(OCC(F)F)nc1)N1CCC1c1cccc(F)c1. The summed E-state index contributed by atoms with van der Waals surface area (Å²) in [5, 5.41) is 0. The van der Waals surface area contributed by atoms with E-state index in [1.807, 2.05) is 0 Å². The Balaban J connectivity index is 1.68. The number of ether oxygens (including phenoxy) is 1. The Labute approximate surface area is 136 Å². The van der Waals surface area contributed by atoms with Crippen LogP contribution in [-0.2, 0) is 0 Å². The lowest BCUT2D eigenvalue weighted by atomic mass is 9.94. The van der Waals surface area contributed by atoms with E-state index in [4.69, 9.17) is 4.74 Å². The number of halogens is 3. The number of hydrogen-bond acceptors (Lipinski definition) is 3. The van der Waals surface area contributed by atoms with Gasteiger partial charge in [-0.3, -0.25) is 4.79 Å². The number of benzene rings is 1. The Morgan fingerprint density at radius 3 is 2.75 bits per heavy atom. The molecule has 1 aliphatic rings. The first-order valence-corrected chi connectivity index (χ1v) is 7.48. The summed E-state index contributed by atoms with van der Waals surface area (Å²) in [6.45, 7) is -0.169. The standard InChI is InChI=1S/C17H15F3N2O2/c18-13-3-1-2-11(8-13)14-6-7-22(14)17(23)12-4-5-16(21-9-12)24-10-15(19)20/h1-5,8-9,14-15H,6-7,10H2. The molecule has 1 unspecified atom stereocenters. The van der Waals surface area contributed by atoms with E-state index in [1.165, 1.54) is 30.5 Å². The molecule has 126 valence electrons. The minimum atomic E-state index is -2.58. The second-order valence-electron chi connectivity index (χ2n) is 5.45. The van der Waals surface area contributed by atoms with Gasteiger partial charge < -0.3 is 9.64 Å². The molecule has 3 rings (SSSR count). The Morgan fingerprint density at radius 1 is 1.33 bits per heavy atom. The first-order valence-electron chi connectivity index (χ1n) is 7.48. The van der Waals surface area contributed by atoms with Crippen molar-refractivity contribution in [3.63, 3.8) is 0 Å². The number of likely N-dealkylation sites (tertiary alicyclic amines) is 1. The zero-order chi connectivity index (χ0) is 17.1. The summed E-state index contributed by atoms with van der Waals surface area (Å²) in [6.07, 6.45) is -0.524. The molecule has 0 aliphatic carbocycles. The molecule has 4 nitrogen and oxygen atoms in total. The van der Waals surface area contributed by atoms with Crippen molar-refractivity contribution in [3.05, 3.63) is 59.5 Å². The molecule has 0 N–H and O–H groups in total. The predicted octanol–water partition coefficient (Wildman–Crippen LogP) is 3.45. The zero-order valence-electron chi connectivity index (χ0n) is 12.7. The van der Waals surface area contributed by atoms with Gasteiger partial charge in [-0.05, 0) is 30.2 Å². The molecule has 0 saturated carbocycles. The van der Waals surface area contributed by atoms with Gasteiger partial charge in [-0.25, -0.2) is 18.2 Å². The van der Waals surface area contributed by atoms with E-state index >= 15 is 0 Å². The third-order valence-electron chi connectivity index (χ3n) is 3.85. The third-order valence-corrected chi connectivity index (χ3v) is 3.85. The molecule has 24 heavy (non-hydrogen) atoms. The summed E-state index contributed by atoms with van der Waals surface area (Å²) >= 11 is 0. The molecule has 1 aromatic carbocycles. The van der Waals surface area contributed by atoms with Gasteiger partial charge in [0.15, 0.2) is 6.61 Å². The first kappa shape index (κ1) is 16.3. The number of carbonyl (C=O) groups is 1. The predicted molar refractivity (Wildman–Crippen MR) is 80.5 cm³/mol. The molecular weight excluding hydrogens is 321 g/mol. The Bertz CT molecular complexity index is 722. The van der Waals surface area contributed by atoms with Crippen molar-refractivity contribution in [3.8, 4) is 5.88 Å². The topological polar surface area (TPSA) is 42.4 Å². The Kier molecular flexibility index (Phi) is 4.69. The number of carbonyl (C=O) groups excluding carboxylic acids is 1. The number of nitrogens with zero attached hydrogens (tertiary/aromatic N) is 2. The van der Waals surface area contributed by atoms with Crippen molar-refractivity contribution >= 4 is 5.91 Å². The van der Waals surface area contributed by atoms with Crippen LogP contribution in [0.5, 0.6) is 5.88 Å². The fourth-order valence-corrected chi connectivity index (χ4v) is 2.60. The number of aromatic nitrogens is 1. The van der Waals surface area contributed by atoms with Gasteiger partial charge in [0.05, 0.1) is 11.6 Å². The maximum Gasteiger partial charge on any atom is 0.272 e. The average molecular weight is 336 g/mol. The molecule has 1 atom stereocenters. The number of hydrogen-bond donors (Lipinski definition) is 0. The molecular formula is C17H15F3N2O2. The van der Waals surface area contributed by atoms with Crippen LogP contribution in [0.3, 0.4) is 0 Å². The summed E-state index contributed by atoms with van der Waals surface area (Å²) in [6, 6.07) is 8.88. The summed E-state index contributed by atoms with van der Waals surface area (Å²) in [4.78, 5) is 18.0.